The van der Waals surface area contributed by atoms with Gasteiger partial charge in [0.15, 0.2) is 6.61 Å². The Hall–Kier alpha value is -3.08. The molecule has 150 valence electrons. The zero-order chi connectivity index (χ0) is 20.6. The van der Waals surface area contributed by atoms with Crippen molar-refractivity contribution in [3.63, 3.8) is 0 Å². The van der Waals surface area contributed by atoms with E-state index in [2.05, 4.69) is 5.32 Å². The highest BCUT2D eigenvalue weighted by Crippen LogP contribution is 2.20. The van der Waals surface area contributed by atoms with Gasteiger partial charge in [0.2, 0.25) is 5.91 Å². The molecule has 0 saturated carbocycles. The molecule has 1 aliphatic heterocycles. The number of ether oxygens (including phenoxy) is 1. The minimum absolute atomic E-state index is 0.0567. The Labute approximate surface area is 174 Å². The number of nitrogens with zero attached hydrogens (tertiary/aromatic N) is 3. The van der Waals surface area contributed by atoms with Crippen molar-refractivity contribution in [3.05, 3.63) is 59.1 Å². The molecule has 0 radical (unpaired) electrons. The molecule has 0 aliphatic carbocycles. The molecule has 0 atom stereocenters. The second kappa shape index (κ2) is 9.92. The van der Waals surface area contributed by atoms with Gasteiger partial charge >= 0.3 is 0 Å². The summed E-state index contributed by atoms with van der Waals surface area (Å²) in [5.41, 5.74) is 1.13. The molecule has 0 spiro atoms. The van der Waals surface area contributed by atoms with E-state index >= 15 is 0 Å². The fourth-order valence-electron chi connectivity index (χ4n) is 2.97. The van der Waals surface area contributed by atoms with Crippen LogP contribution in [0.1, 0.15) is 5.56 Å². The van der Waals surface area contributed by atoms with Crippen LogP contribution in [-0.2, 0) is 9.59 Å². The first-order valence-electron chi connectivity index (χ1n) is 9.22. The van der Waals surface area contributed by atoms with E-state index < -0.39 is 0 Å². The number of anilines is 1. The lowest BCUT2D eigenvalue weighted by Crippen LogP contribution is -2.51. The van der Waals surface area contributed by atoms with E-state index in [4.69, 9.17) is 21.6 Å². The van der Waals surface area contributed by atoms with Crippen LogP contribution in [0.4, 0.5) is 5.69 Å². The number of rotatable bonds is 6. The van der Waals surface area contributed by atoms with E-state index in [0.717, 1.165) is 0 Å². The van der Waals surface area contributed by atoms with Crippen LogP contribution in [0.15, 0.2) is 48.5 Å². The Morgan fingerprint density at radius 2 is 1.76 bits per heavy atom. The van der Waals surface area contributed by atoms with Crippen molar-refractivity contribution in [1.29, 1.82) is 5.26 Å². The Balaban J connectivity index is 1.40. The van der Waals surface area contributed by atoms with Gasteiger partial charge in [-0.3, -0.25) is 14.5 Å². The van der Waals surface area contributed by atoms with Crippen molar-refractivity contribution < 1.29 is 14.3 Å². The molecule has 2 aromatic carbocycles. The molecular formula is C21H21ClN4O3. The third-order valence-electron chi connectivity index (χ3n) is 4.59. The second-order valence-electron chi connectivity index (χ2n) is 6.61. The number of halogens is 1. The van der Waals surface area contributed by atoms with Gasteiger partial charge in [-0.15, -0.1) is 0 Å². The summed E-state index contributed by atoms with van der Waals surface area (Å²) < 4.78 is 5.50. The van der Waals surface area contributed by atoms with Crippen molar-refractivity contribution in [2.45, 2.75) is 0 Å². The molecule has 2 amide bonds. The van der Waals surface area contributed by atoms with Gasteiger partial charge in [-0.25, -0.2) is 0 Å². The van der Waals surface area contributed by atoms with Crippen molar-refractivity contribution in [2.24, 2.45) is 0 Å². The average Bonchev–Trinajstić information content (AvgIpc) is 2.74. The molecule has 7 nitrogen and oxygen atoms in total. The largest absolute Gasteiger partial charge is 0.484 e. The van der Waals surface area contributed by atoms with Crippen LogP contribution in [-0.4, -0.2) is 60.9 Å². The number of amides is 2. The summed E-state index contributed by atoms with van der Waals surface area (Å²) in [5.74, 6) is 0.309. The normalized spacial score (nSPS) is 14.1. The molecule has 1 saturated heterocycles. The van der Waals surface area contributed by atoms with Gasteiger partial charge in [-0.1, -0.05) is 23.7 Å². The fourth-order valence-corrected chi connectivity index (χ4v) is 3.16. The van der Waals surface area contributed by atoms with E-state index in [9.17, 15) is 9.59 Å². The predicted octanol–water partition coefficient (Wildman–Crippen LogP) is 2.37. The molecular weight excluding hydrogens is 392 g/mol. The zero-order valence-corrected chi connectivity index (χ0v) is 16.6. The number of nitrogens with one attached hydrogen (secondary N) is 1. The lowest BCUT2D eigenvalue weighted by molar-refractivity contribution is -0.135. The van der Waals surface area contributed by atoms with E-state index in [0.29, 0.717) is 48.2 Å². The molecule has 1 heterocycles. The summed E-state index contributed by atoms with van der Waals surface area (Å²) >= 11 is 6.06. The standard InChI is InChI=1S/C21H21ClN4O3/c22-18-3-1-2-4-19(18)24-20(27)14-25-9-11-26(12-10-25)21(28)15-29-17-7-5-16(13-23)6-8-17/h1-8H,9-12,14-15H2,(H,24,27). The van der Waals surface area contributed by atoms with E-state index in [-0.39, 0.29) is 25.0 Å². The monoisotopic (exact) mass is 412 g/mol. The summed E-state index contributed by atoms with van der Waals surface area (Å²) in [6.07, 6.45) is 0. The van der Waals surface area contributed by atoms with Crippen LogP contribution >= 0.6 is 11.6 Å². The van der Waals surface area contributed by atoms with Crippen LogP contribution < -0.4 is 10.1 Å². The highest BCUT2D eigenvalue weighted by atomic mass is 35.5. The SMILES string of the molecule is N#Cc1ccc(OCC(=O)N2CCN(CC(=O)Nc3ccccc3Cl)CC2)cc1. The summed E-state index contributed by atoms with van der Waals surface area (Å²) in [4.78, 5) is 28.3. The third kappa shape index (κ3) is 5.95. The average molecular weight is 413 g/mol. The summed E-state index contributed by atoms with van der Waals surface area (Å²) in [5, 5.41) is 12.1. The lowest BCUT2D eigenvalue weighted by Gasteiger charge is -2.34. The van der Waals surface area contributed by atoms with Gasteiger partial charge in [0.1, 0.15) is 5.75 Å². The minimum Gasteiger partial charge on any atom is -0.484 e. The van der Waals surface area contributed by atoms with Gasteiger partial charge < -0.3 is 15.0 Å². The molecule has 1 aliphatic rings. The highest BCUT2D eigenvalue weighted by Gasteiger charge is 2.23. The summed E-state index contributed by atoms with van der Waals surface area (Å²) in [6.45, 7) is 2.48. The molecule has 0 bridgehead atoms. The van der Waals surface area contributed by atoms with Crippen molar-refractivity contribution in [3.8, 4) is 11.8 Å². The molecule has 1 fully saturated rings. The van der Waals surface area contributed by atoms with Gasteiger partial charge in [0.05, 0.1) is 28.9 Å². The number of piperazine rings is 1. The van der Waals surface area contributed by atoms with Gasteiger partial charge in [0, 0.05) is 26.2 Å². The zero-order valence-electron chi connectivity index (χ0n) is 15.8. The smallest absolute Gasteiger partial charge is 0.260 e. The summed E-state index contributed by atoms with van der Waals surface area (Å²) in [7, 11) is 0. The van der Waals surface area contributed by atoms with E-state index in [1.807, 2.05) is 17.0 Å². The van der Waals surface area contributed by atoms with Crippen molar-refractivity contribution in [1.82, 2.24) is 9.80 Å². The number of carbonyl (C=O) groups excluding carboxylic acids is 2. The highest BCUT2D eigenvalue weighted by molar-refractivity contribution is 6.33. The number of benzene rings is 2. The molecule has 0 aromatic heterocycles. The number of hydrogen-bond acceptors (Lipinski definition) is 5. The lowest BCUT2D eigenvalue weighted by atomic mass is 10.2. The quantitative estimate of drug-likeness (QED) is 0.787. The van der Waals surface area contributed by atoms with Crippen LogP contribution in [0, 0.1) is 11.3 Å². The topological polar surface area (TPSA) is 85.7 Å². The Kier molecular flexibility index (Phi) is 7.06. The van der Waals surface area contributed by atoms with Crippen LogP contribution in [0.25, 0.3) is 0 Å². The number of hydrogen-bond donors (Lipinski definition) is 1. The molecule has 8 heteroatoms. The maximum atomic E-state index is 12.3. The van der Waals surface area contributed by atoms with Gasteiger partial charge in [-0.05, 0) is 36.4 Å². The van der Waals surface area contributed by atoms with Gasteiger partial charge in [-0.2, -0.15) is 5.26 Å². The van der Waals surface area contributed by atoms with Crippen LogP contribution in [0.5, 0.6) is 5.75 Å². The molecule has 0 unspecified atom stereocenters. The first-order chi connectivity index (χ1) is 14.0. The Morgan fingerprint density at radius 3 is 2.41 bits per heavy atom. The number of para-hydroxylation sites is 1. The van der Waals surface area contributed by atoms with Gasteiger partial charge in [0.25, 0.3) is 5.91 Å². The predicted molar refractivity (Wildman–Crippen MR) is 110 cm³/mol. The third-order valence-corrected chi connectivity index (χ3v) is 4.92. The summed E-state index contributed by atoms with van der Waals surface area (Å²) in [6, 6.07) is 15.8. The fraction of sp³-hybridized carbons (Fsp3) is 0.286. The van der Waals surface area contributed by atoms with Crippen LogP contribution in [0.2, 0.25) is 5.02 Å². The number of nitriles is 1. The van der Waals surface area contributed by atoms with E-state index in [1.54, 1.807) is 47.4 Å². The molecule has 29 heavy (non-hydrogen) atoms. The molecule has 2 aromatic rings. The minimum atomic E-state index is -0.137. The van der Waals surface area contributed by atoms with E-state index in [1.165, 1.54) is 0 Å². The Morgan fingerprint density at radius 1 is 1.07 bits per heavy atom. The van der Waals surface area contributed by atoms with Crippen LogP contribution in [0.3, 0.4) is 0 Å². The molecule has 1 N–H and O–H groups in total. The number of carbonyl (C=O) groups is 2. The van der Waals surface area contributed by atoms with Crippen molar-refractivity contribution >= 4 is 29.1 Å². The maximum Gasteiger partial charge on any atom is 0.260 e. The second-order valence-corrected chi connectivity index (χ2v) is 7.02. The molecule has 3 rings (SSSR count). The van der Waals surface area contributed by atoms with Crippen molar-refractivity contribution in [2.75, 3.05) is 44.6 Å². The maximum absolute atomic E-state index is 12.3. The first kappa shape index (κ1) is 20.6. The first-order valence-corrected chi connectivity index (χ1v) is 9.60. The Bertz CT molecular complexity index is 903.